The number of rotatable bonds is 4. The van der Waals surface area contributed by atoms with Gasteiger partial charge < -0.3 is 4.74 Å². The standard InChI is InChI=1S/C16H15NO2/c1-2-3-12-19-16(18)11-10-14-9-8-13-6-4-5-7-15(13)17-14/h2-11H,12H2,1H3/b3-2+,11-10+. The van der Waals surface area contributed by atoms with Crippen LogP contribution in [0, 0.1) is 0 Å². The average Bonchev–Trinajstić information content (AvgIpc) is 2.45. The molecule has 1 aromatic heterocycles. The number of nitrogens with zero attached hydrogens (tertiary/aromatic N) is 1. The molecule has 2 rings (SSSR count). The second-order valence-corrected chi connectivity index (χ2v) is 3.96. The lowest BCUT2D eigenvalue weighted by Crippen LogP contribution is -1.99. The predicted octanol–water partition coefficient (Wildman–Crippen LogP) is 3.37. The highest BCUT2D eigenvalue weighted by atomic mass is 16.5. The van der Waals surface area contributed by atoms with Gasteiger partial charge in [0.15, 0.2) is 0 Å². The Morgan fingerprint density at radius 1 is 1.26 bits per heavy atom. The highest BCUT2D eigenvalue weighted by molar-refractivity contribution is 5.87. The lowest BCUT2D eigenvalue weighted by molar-refractivity contribution is -0.136. The van der Waals surface area contributed by atoms with Crippen LogP contribution in [0.15, 0.2) is 54.6 Å². The van der Waals surface area contributed by atoms with Crippen LogP contribution in [-0.2, 0) is 9.53 Å². The van der Waals surface area contributed by atoms with Gasteiger partial charge in [-0.1, -0.05) is 36.4 Å². The van der Waals surface area contributed by atoms with Crippen LogP contribution in [0.4, 0.5) is 0 Å². The van der Waals surface area contributed by atoms with E-state index in [1.165, 1.54) is 6.08 Å². The summed E-state index contributed by atoms with van der Waals surface area (Å²) in [5.74, 6) is -0.368. The molecule has 96 valence electrons. The van der Waals surface area contributed by atoms with Gasteiger partial charge in [-0.15, -0.1) is 0 Å². The molecular formula is C16H15NO2. The minimum Gasteiger partial charge on any atom is -0.458 e. The zero-order chi connectivity index (χ0) is 13.5. The highest BCUT2D eigenvalue weighted by Crippen LogP contribution is 2.12. The number of hydrogen-bond acceptors (Lipinski definition) is 3. The smallest absolute Gasteiger partial charge is 0.331 e. The van der Waals surface area contributed by atoms with Crippen molar-refractivity contribution in [3.63, 3.8) is 0 Å². The van der Waals surface area contributed by atoms with Crippen LogP contribution in [0.3, 0.4) is 0 Å². The van der Waals surface area contributed by atoms with Gasteiger partial charge in [0.2, 0.25) is 0 Å². The summed E-state index contributed by atoms with van der Waals surface area (Å²) in [6.45, 7) is 2.17. The number of hydrogen-bond donors (Lipinski definition) is 0. The Morgan fingerprint density at radius 2 is 2.11 bits per heavy atom. The fraction of sp³-hybridized carbons (Fsp3) is 0.125. The van der Waals surface area contributed by atoms with Gasteiger partial charge >= 0.3 is 5.97 Å². The van der Waals surface area contributed by atoms with Crippen LogP contribution < -0.4 is 0 Å². The Bertz CT molecular complexity index is 629. The summed E-state index contributed by atoms with van der Waals surface area (Å²) in [7, 11) is 0. The third-order valence-electron chi connectivity index (χ3n) is 2.57. The molecule has 0 fully saturated rings. The van der Waals surface area contributed by atoms with E-state index in [4.69, 9.17) is 4.74 Å². The van der Waals surface area contributed by atoms with E-state index in [1.807, 2.05) is 49.4 Å². The Labute approximate surface area is 112 Å². The number of aromatic nitrogens is 1. The quantitative estimate of drug-likeness (QED) is 0.476. The Kier molecular flexibility index (Phi) is 4.45. The van der Waals surface area contributed by atoms with Gasteiger partial charge in [0.25, 0.3) is 0 Å². The lowest BCUT2D eigenvalue weighted by atomic mass is 10.2. The topological polar surface area (TPSA) is 39.2 Å². The molecule has 1 heterocycles. The van der Waals surface area contributed by atoms with Gasteiger partial charge in [-0.2, -0.15) is 0 Å². The van der Waals surface area contributed by atoms with Crippen LogP contribution >= 0.6 is 0 Å². The van der Waals surface area contributed by atoms with Crippen molar-refractivity contribution >= 4 is 22.9 Å². The van der Waals surface area contributed by atoms with E-state index in [2.05, 4.69) is 4.98 Å². The first-order valence-corrected chi connectivity index (χ1v) is 6.11. The van der Waals surface area contributed by atoms with Crippen LogP contribution in [0.1, 0.15) is 12.6 Å². The van der Waals surface area contributed by atoms with Crippen LogP contribution in [0.25, 0.3) is 17.0 Å². The molecule has 3 nitrogen and oxygen atoms in total. The van der Waals surface area contributed by atoms with Crippen LogP contribution in [0.2, 0.25) is 0 Å². The van der Waals surface area contributed by atoms with Crippen molar-refractivity contribution < 1.29 is 9.53 Å². The normalized spacial score (nSPS) is 11.4. The molecule has 0 unspecified atom stereocenters. The van der Waals surface area contributed by atoms with Gasteiger partial charge in [-0.3, -0.25) is 0 Å². The van der Waals surface area contributed by atoms with Crippen molar-refractivity contribution in [1.29, 1.82) is 0 Å². The van der Waals surface area contributed by atoms with Gasteiger partial charge in [0.05, 0.1) is 11.2 Å². The molecule has 0 bridgehead atoms. The van der Waals surface area contributed by atoms with Crippen LogP contribution in [0.5, 0.6) is 0 Å². The summed E-state index contributed by atoms with van der Waals surface area (Å²) in [5, 5.41) is 1.08. The molecule has 3 heteroatoms. The Hall–Kier alpha value is -2.42. The van der Waals surface area contributed by atoms with Crippen molar-refractivity contribution in [2.24, 2.45) is 0 Å². The summed E-state index contributed by atoms with van der Waals surface area (Å²) in [6, 6.07) is 11.7. The maximum Gasteiger partial charge on any atom is 0.331 e. The summed E-state index contributed by atoms with van der Waals surface area (Å²) in [4.78, 5) is 15.8. The first-order valence-electron chi connectivity index (χ1n) is 6.11. The molecule has 0 spiro atoms. The third kappa shape index (κ3) is 3.78. The van der Waals surface area contributed by atoms with E-state index in [0.717, 1.165) is 16.6 Å². The van der Waals surface area contributed by atoms with Gasteiger partial charge in [0.1, 0.15) is 6.61 Å². The van der Waals surface area contributed by atoms with Crippen molar-refractivity contribution in [3.8, 4) is 0 Å². The summed E-state index contributed by atoms with van der Waals surface area (Å²) >= 11 is 0. The summed E-state index contributed by atoms with van der Waals surface area (Å²) in [6.07, 6.45) is 6.66. The monoisotopic (exact) mass is 253 g/mol. The highest BCUT2D eigenvalue weighted by Gasteiger charge is 1.97. The molecule has 0 aliphatic rings. The molecule has 0 saturated carbocycles. The second-order valence-electron chi connectivity index (χ2n) is 3.96. The first kappa shape index (κ1) is 13.0. The van der Waals surface area contributed by atoms with E-state index in [1.54, 1.807) is 12.2 Å². The van der Waals surface area contributed by atoms with E-state index < -0.39 is 0 Å². The zero-order valence-corrected chi connectivity index (χ0v) is 10.7. The van der Waals surface area contributed by atoms with Crippen LogP contribution in [-0.4, -0.2) is 17.6 Å². The molecule has 0 N–H and O–H groups in total. The molecule has 0 saturated heterocycles. The number of carbonyl (C=O) groups is 1. The molecule has 2 aromatic rings. The van der Waals surface area contributed by atoms with Gasteiger partial charge in [-0.05, 0) is 25.1 Å². The number of esters is 1. The number of carbonyl (C=O) groups excluding carboxylic acids is 1. The zero-order valence-electron chi connectivity index (χ0n) is 10.7. The van der Waals surface area contributed by atoms with Crippen molar-refractivity contribution in [3.05, 3.63) is 60.3 Å². The Morgan fingerprint density at radius 3 is 2.95 bits per heavy atom. The number of allylic oxidation sites excluding steroid dienone is 1. The average molecular weight is 253 g/mol. The van der Waals surface area contributed by atoms with Crippen molar-refractivity contribution in [1.82, 2.24) is 4.98 Å². The summed E-state index contributed by atoms with van der Waals surface area (Å²) in [5.41, 5.74) is 1.65. The van der Waals surface area contributed by atoms with Crippen molar-refractivity contribution in [2.75, 3.05) is 6.61 Å². The molecule has 0 aliphatic heterocycles. The number of pyridine rings is 1. The number of para-hydroxylation sites is 1. The maximum absolute atomic E-state index is 11.4. The van der Waals surface area contributed by atoms with E-state index in [-0.39, 0.29) is 5.97 Å². The van der Waals surface area contributed by atoms with E-state index in [0.29, 0.717) is 6.61 Å². The fourth-order valence-corrected chi connectivity index (χ4v) is 1.60. The molecule has 19 heavy (non-hydrogen) atoms. The second kappa shape index (κ2) is 6.50. The van der Waals surface area contributed by atoms with E-state index >= 15 is 0 Å². The fourth-order valence-electron chi connectivity index (χ4n) is 1.60. The molecule has 0 atom stereocenters. The first-order chi connectivity index (χ1) is 9.29. The number of ether oxygens (including phenoxy) is 1. The van der Waals surface area contributed by atoms with Gasteiger partial charge in [-0.25, -0.2) is 9.78 Å². The van der Waals surface area contributed by atoms with Gasteiger partial charge in [0, 0.05) is 11.5 Å². The molecule has 0 aliphatic carbocycles. The largest absolute Gasteiger partial charge is 0.458 e. The number of benzene rings is 1. The minimum absolute atomic E-state index is 0.296. The minimum atomic E-state index is -0.368. The Balaban J connectivity index is 2.06. The number of fused-ring (bicyclic) bond motifs is 1. The molecule has 0 amide bonds. The predicted molar refractivity (Wildman–Crippen MR) is 76.6 cm³/mol. The molecule has 0 radical (unpaired) electrons. The molecule has 1 aromatic carbocycles. The van der Waals surface area contributed by atoms with Crippen molar-refractivity contribution in [2.45, 2.75) is 6.92 Å². The molecular weight excluding hydrogens is 238 g/mol. The third-order valence-corrected chi connectivity index (χ3v) is 2.57. The maximum atomic E-state index is 11.4. The SMILES string of the molecule is C/C=C/COC(=O)/C=C/c1ccc2ccccc2n1. The summed E-state index contributed by atoms with van der Waals surface area (Å²) < 4.78 is 4.95. The van der Waals surface area contributed by atoms with E-state index in [9.17, 15) is 4.79 Å². The lowest BCUT2D eigenvalue weighted by Gasteiger charge is -1.98.